The minimum absolute atomic E-state index is 0.153. The lowest BCUT2D eigenvalue weighted by atomic mass is 10.1. The monoisotopic (exact) mass is 545 g/mol. The molecule has 0 spiro atoms. The molecule has 37 heavy (non-hydrogen) atoms. The molecule has 0 radical (unpaired) electrons. The Bertz CT molecular complexity index is 1380. The first-order chi connectivity index (χ1) is 17.7. The van der Waals surface area contributed by atoms with Crippen molar-refractivity contribution in [3.05, 3.63) is 28.3 Å². The van der Waals surface area contributed by atoms with E-state index in [1.165, 1.54) is 30.2 Å². The Morgan fingerprint density at radius 3 is 2.54 bits per heavy atom. The van der Waals surface area contributed by atoms with Gasteiger partial charge in [-0.25, -0.2) is 23.4 Å². The van der Waals surface area contributed by atoms with Crippen molar-refractivity contribution in [1.82, 2.24) is 19.9 Å². The van der Waals surface area contributed by atoms with E-state index >= 15 is 0 Å². The van der Waals surface area contributed by atoms with E-state index < -0.39 is 9.84 Å². The summed E-state index contributed by atoms with van der Waals surface area (Å²) < 4.78 is 30.6. The van der Waals surface area contributed by atoms with E-state index in [9.17, 15) is 13.5 Å². The molecule has 1 N–H and O–H groups in total. The molecule has 2 fully saturated rings. The molecule has 5 heterocycles. The second-order valence-electron chi connectivity index (χ2n) is 10.2. The normalized spacial score (nSPS) is 18.0. The molecule has 2 aliphatic heterocycles. The molecular weight excluding hydrogens is 510 g/mol. The number of thiophene rings is 1. The van der Waals surface area contributed by atoms with Gasteiger partial charge in [0.25, 0.3) is 0 Å². The molecular formula is C26H35N5O4S2. The second kappa shape index (κ2) is 10.8. The van der Waals surface area contributed by atoms with E-state index in [1.807, 2.05) is 6.07 Å². The summed E-state index contributed by atoms with van der Waals surface area (Å²) in [6, 6.07) is 1.84. The van der Waals surface area contributed by atoms with E-state index in [4.69, 9.17) is 14.7 Å². The molecule has 11 heteroatoms. The fourth-order valence-electron chi connectivity index (χ4n) is 5.24. The van der Waals surface area contributed by atoms with Crippen LogP contribution in [0.2, 0.25) is 0 Å². The van der Waals surface area contributed by atoms with Gasteiger partial charge < -0.3 is 14.7 Å². The highest BCUT2D eigenvalue weighted by molar-refractivity contribution is 7.89. The number of sulfone groups is 1. The van der Waals surface area contributed by atoms with Gasteiger partial charge in [0.15, 0.2) is 9.84 Å². The summed E-state index contributed by atoms with van der Waals surface area (Å²) in [6.07, 6.45) is 7.75. The Morgan fingerprint density at radius 1 is 1.14 bits per heavy atom. The van der Waals surface area contributed by atoms with Crippen LogP contribution in [-0.2, 0) is 22.1 Å². The minimum atomic E-state index is -3.28. The average Bonchev–Trinajstić information content (AvgIpc) is 3.19. The summed E-state index contributed by atoms with van der Waals surface area (Å²) in [5, 5.41) is 9.95. The van der Waals surface area contributed by atoms with Crippen LogP contribution in [-0.4, -0.2) is 79.0 Å². The van der Waals surface area contributed by atoms with Gasteiger partial charge in [0.2, 0.25) is 11.8 Å². The number of likely N-dealkylation sites (tertiary alicyclic amines) is 1. The fraction of sp³-hybridized carbons (Fsp3) is 0.577. The van der Waals surface area contributed by atoms with Gasteiger partial charge in [0, 0.05) is 66.7 Å². The topological polar surface area (TPSA) is 109 Å². The fourth-order valence-corrected chi connectivity index (χ4v) is 7.12. The van der Waals surface area contributed by atoms with Crippen LogP contribution in [0.25, 0.3) is 21.5 Å². The SMILES string of the molecule is COc1ncc(-c2nc(N3CCCCC3)nc3c(CN4CCC(O)CC4)c(C)sc23)cc1CS(C)(=O)=O. The molecule has 3 aromatic rings. The largest absolute Gasteiger partial charge is 0.481 e. The number of fused-ring (bicyclic) bond motifs is 1. The number of anilines is 1. The first kappa shape index (κ1) is 26.3. The van der Waals surface area contributed by atoms with Crippen molar-refractivity contribution in [1.29, 1.82) is 0 Å². The smallest absolute Gasteiger partial charge is 0.226 e. The van der Waals surface area contributed by atoms with Crippen molar-refractivity contribution >= 4 is 37.3 Å². The average molecular weight is 546 g/mol. The molecule has 3 aromatic heterocycles. The Balaban J connectivity index is 1.63. The second-order valence-corrected chi connectivity index (χ2v) is 13.6. The van der Waals surface area contributed by atoms with Crippen LogP contribution in [0.4, 0.5) is 5.95 Å². The Hall–Kier alpha value is -2.34. The van der Waals surface area contributed by atoms with Crippen molar-refractivity contribution in [3.63, 3.8) is 0 Å². The number of aliphatic hydroxyl groups excluding tert-OH is 1. The zero-order chi connectivity index (χ0) is 26.2. The predicted octanol–water partition coefficient (Wildman–Crippen LogP) is 3.56. The van der Waals surface area contributed by atoms with Crippen LogP contribution in [0.3, 0.4) is 0 Å². The van der Waals surface area contributed by atoms with Gasteiger partial charge in [-0.3, -0.25) is 4.90 Å². The lowest BCUT2D eigenvalue weighted by molar-refractivity contribution is 0.0794. The molecule has 200 valence electrons. The Kier molecular flexibility index (Phi) is 7.67. The van der Waals surface area contributed by atoms with Crippen LogP contribution in [0.5, 0.6) is 5.88 Å². The highest BCUT2D eigenvalue weighted by atomic mass is 32.2. The number of aryl methyl sites for hydroxylation is 1. The van der Waals surface area contributed by atoms with Crippen molar-refractivity contribution in [3.8, 4) is 17.1 Å². The summed E-state index contributed by atoms with van der Waals surface area (Å²) in [4.78, 5) is 20.5. The summed E-state index contributed by atoms with van der Waals surface area (Å²) in [5.74, 6) is 0.876. The quantitative estimate of drug-likeness (QED) is 0.477. The molecule has 0 saturated carbocycles. The van der Waals surface area contributed by atoms with Crippen molar-refractivity contribution in [2.75, 3.05) is 44.4 Å². The number of hydrogen-bond acceptors (Lipinski definition) is 10. The summed E-state index contributed by atoms with van der Waals surface area (Å²) in [6.45, 7) is 6.50. The zero-order valence-electron chi connectivity index (χ0n) is 21.7. The molecule has 0 aliphatic carbocycles. The van der Waals surface area contributed by atoms with Gasteiger partial charge >= 0.3 is 0 Å². The van der Waals surface area contributed by atoms with Gasteiger partial charge in [-0.1, -0.05) is 0 Å². The summed E-state index contributed by atoms with van der Waals surface area (Å²) >= 11 is 1.68. The number of pyridine rings is 1. The van der Waals surface area contributed by atoms with E-state index in [1.54, 1.807) is 17.5 Å². The van der Waals surface area contributed by atoms with Crippen LogP contribution < -0.4 is 9.64 Å². The highest BCUT2D eigenvalue weighted by Gasteiger charge is 2.25. The third kappa shape index (κ3) is 5.89. The number of methoxy groups -OCH3 is 1. The van der Waals surface area contributed by atoms with Crippen LogP contribution in [0.15, 0.2) is 12.3 Å². The standard InChI is InChI=1S/C26H35N5O4S2/c1-17-21(15-30-11-7-20(32)8-12-30)23-24(36-17)22(28-26(29-23)31-9-5-4-6-10-31)18-13-19(16-37(3,33)34)25(35-2)27-14-18/h13-14,20,32H,4-12,15-16H2,1-3H3. The lowest BCUT2D eigenvalue weighted by Crippen LogP contribution is -2.35. The number of hydrogen-bond donors (Lipinski definition) is 1. The van der Waals surface area contributed by atoms with Crippen LogP contribution >= 0.6 is 11.3 Å². The molecule has 2 saturated heterocycles. The molecule has 5 rings (SSSR count). The van der Waals surface area contributed by atoms with Gasteiger partial charge in [-0.2, -0.15) is 0 Å². The Morgan fingerprint density at radius 2 is 1.86 bits per heavy atom. The molecule has 0 bridgehead atoms. The number of aromatic nitrogens is 3. The van der Waals surface area contributed by atoms with Gasteiger partial charge in [-0.15, -0.1) is 11.3 Å². The van der Waals surface area contributed by atoms with Gasteiger partial charge in [0.05, 0.1) is 34.9 Å². The first-order valence-corrected chi connectivity index (χ1v) is 15.8. The summed E-state index contributed by atoms with van der Waals surface area (Å²) in [7, 11) is -1.78. The van der Waals surface area contributed by atoms with Crippen molar-refractivity contribution in [2.45, 2.75) is 57.4 Å². The molecule has 9 nitrogen and oxygen atoms in total. The molecule has 0 amide bonds. The number of nitrogens with zero attached hydrogens (tertiary/aromatic N) is 5. The molecule has 0 aromatic carbocycles. The first-order valence-electron chi connectivity index (χ1n) is 12.9. The van der Waals surface area contributed by atoms with Gasteiger partial charge in [0.1, 0.15) is 0 Å². The maximum atomic E-state index is 12.1. The number of ether oxygens (including phenoxy) is 1. The van der Waals surface area contributed by atoms with E-state index in [2.05, 4.69) is 21.7 Å². The van der Waals surface area contributed by atoms with E-state index in [0.717, 1.165) is 85.8 Å². The van der Waals surface area contributed by atoms with Gasteiger partial charge in [-0.05, 0) is 45.1 Å². The third-order valence-corrected chi connectivity index (χ3v) is 9.19. The van der Waals surface area contributed by atoms with Crippen LogP contribution in [0, 0.1) is 6.92 Å². The lowest BCUT2D eigenvalue weighted by Gasteiger charge is -2.29. The zero-order valence-corrected chi connectivity index (χ0v) is 23.4. The van der Waals surface area contributed by atoms with Crippen molar-refractivity contribution < 1.29 is 18.3 Å². The minimum Gasteiger partial charge on any atom is -0.481 e. The number of rotatable bonds is 7. The highest BCUT2D eigenvalue weighted by Crippen LogP contribution is 2.39. The molecule has 0 atom stereocenters. The predicted molar refractivity (Wildman–Crippen MR) is 147 cm³/mol. The number of piperidine rings is 2. The Labute approximate surface area is 222 Å². The maximum absolute atomic E-state index is 12.1. The summed E-state index contributed by atoms with van der Waals surface area (Å²) in [5.41, 5.74) is 4.23. The third-order valence-electron chi connectivity index (χ3n) is 7.21. The molecule has 0 unspecified atom stereocenters. The molecule has 2 aliphatic rings. The maximum Gasteiger partial charge on any atom is 0.226 e. The van der Waals surface area contributed by atoms with Crippen LogP contribution in [0.1, 0.15) is 48.1 Å². The van der Waals surface area contributed by atoms with Crippen molar-refractivity contribution in [2.24, 2.45) is 0 Å². The number of aliphatic hydroxyl groups is 1. The van der Waals surface area contributed by atoms with E-state index in [-0.39, 0.29) is 11.9 Å². The van der Waals surface area contributed by atoms with E-state index in [0.29, 0.717) is 11.4 Å².